The van der Waals surface area contributed by atoms with Gasteiger partial charge in [0.1, 0.15) is 0 Å². The fourth-order valence-corrected chi connectivity index (χ4v) is 3.50. The van der Waals surface area contributed by atoms with Crippen molar-refractivity contribution in [3.8, 4) is 0 Å². The van der Waals surface area contributed by atoms with E-state index in [-0.39, 0.29) is 5.54 Å². The highest BCUT2D eigenvalue weighted by Gasteiger charge is 2.40. The molecule has 1 N–H and O–H groups in total. The van der Waals surface area contributed by atoms with Crippen molar-refractivity contribution >= 4 is 0 Å². The molecule has 0 radical (unpaired) electrons. The van der Waals surface area contributed by atoms with Gasteiger partial charge >= 0.3 is 0 Å². The molecule has 21 heavy (non-hydrogen) atoms. The van der Waals surface area contributed by atoms with Gasteiger partial charge in [-0.15, -0.1) is 0 Å². The minimum absolute atomic E-state index is 0.238. The van der Waals surface area contributed by atoms with E-state index < -0.39 is 0 Å². The number of nitrogens with one attached hydrogen (secondary N) is 1. The minimum Gasteiger partial charge on any atom is -0.365 e. The molecular weight excluding hydrogens is 256 g/mol. The Bertz CT molecular complexity index is 531. The highest BCUT2D eigenvalue weighted by molar-refractivity contribution is 5.24. The normalized spacial score (nSPS) is 20.9. The highest BCUT2D eigenvalue weighted by Crippen LogP contribution is 2.36. The van der Waals surface area contributed by atoms with Crippen molar-refractivity contribution in [3.05, 3.63) is 59.9 Å². The van der Waals surface area contributed by atoms with Gasteiger partial charge in [0, 0.05) is 13.1 Å². The van der Waals surface area contributed by atoms with Crippen molar-refractivity contribution in [3.63, 3.8) is 0 Å². The van der Waals surface area contributed by atoms with Crippen LogP contribution in [0.25, 0.3) is 0 Å². The second-order valence-electron chi connectivity index (χ2n) is 6.63. The second-order valence-corrected chi connectivity index (χ2v) is 6.63. The standard InChI is InChI=1S/C19H26N2/c1-4-17-5-7-18(8-6-17)13-21-14-19(20-16(21)3)11-9-15(2)10-12-19/h5-8,20H,2-4,9-14H2,1H3. The molecule has 1 aliphatic carbocycles. The van der Waals surface area contributed by atoms with Crippen LogP contribution in [0.5, 0.6) is 0 Å². The SMILES string of the molecule is C=C1CCC2(CC1)CN(Cc1ccc(CC)cc1)C(=C)N2. The van der Waals surface area contributed by atoms with Crippen LogP contribution in [0.1, 0.15) is 43.7 Å². The van der Waals surface area contributed by atoms with Crippen molar-refractivity contribution in [1.29, 1.82) is 0 Å². The summed E-state index contributed by atoms with van der Waals surface area (Å²) in [6, 6.07) is 8.98. The van der Waals surface area contributed by atoms with E-state index in [2.05, 4.69) is 54.6 Å². The summed E-state index contributed by atoms with van der Waals surface area (Å²) in [6.45, 7) is 12.6. The van der Waals surface area contributed by atoms with Crippen LogP contribution in [0.3, 0.4) is 0 Å². The second kappa shape index (κ2) is 5.59. The van der Waals surface area contributed by atoms with Gasteiger partial charge in [-0.3, -0.25) is 0 Å². The van der Waals surface area contributed by atoms with Crippen LogP contribution in [0.15, 0.2) is 48.8 Å². The third-order valence-corrected chi connectivity index (χ3v) is 5.00. The molecule has 1 aromatic rings. The Kier molecular flexibility index (Phi) is 3.79. The Labute approximate surface area is 128 Å². The Morgan fingerprint density at radius 2 is 1.71 bits per heavy atom. The molecule has 0 amide bonds. The maximum absolute atomic E-state index is 4.23. The summed E-state index contributed by atoms with van der Waals surface area (Å²) in [7, 11) is 0. The lowest BCUT2D eigenvalue weighted by atomic mass is 9.80. The predicted octanol–water partition coefficient (Wildman–Crippen LogP) is 3.99. The Balaban J connectivity index is 1.66. The van der Waals surface area contributed by atoms with E-state index >= 15 is 0 Å². The van der Waals surface area contributed by atoms with Gasteiger partial charge in [-0.05, 0) is 43.2 Å². The maximum atomic E-state index is 4.23. The van der Waals surface area contributed by atoms with E-state index in [0.717, 1.165) is 38.2 Å². The number of benzene rings is 1. The number of aryl methyl sites for hydroxylation is 1. The lowest BCUT2D eigenvalue weighted by Gasteiger charge is -2.34. The number of rotatable bonds is 3. The summed E-state index contributed by atoms with van der Waals surface area (Å²) in [5.41, 5.74) is 4.41. The van der Waals surface area contributed by atoms with Crippen LogP contribution in [0, 0.1) is 0 Å². The number of allylic oxidation sites excluding steroid dienone is 1. The average molecular weight is 282 g/mol. The Morgan fingerprint density at radius 3 is 2.33 bits per heavy atom. The molecule has 1 spiro atoms. The van der Waals surface area contributed by atoms with Crippen LogP contribution in [-0.2, 0) is 13.0 Å². The van der Waals surface area contributed by atoms with Crippen molar-refractivity contribution in [1.82, 2.24) is 10.2 Å². The number of hydrogen-bond acceptors (Lipinski definition) is 2. The molecule has 0 aromatic heterocycles. The van der Waals surface area contributed by atoms with Gasteiger partial charge < -0.3 is 10.2 Å². The molecule has 2 heteroatoms. The molecule has 1 aromatic carbocycles. The Hall–Kier alpha value is -1.70. The van der Waals surface area contributed by atoms with Gasteiger partial charge in [0.05, 0.1) is 11.4 Å². The third-order valence-electron chi connectivity index (χ3n) is 5.00. The molecular formula is C19H26N2. The minimum atomic E-state index is 0.238. The molecule has 0 unspecified atom stereocenters. The van der Waals surface area contributed by atoms with Crippen LogP contribution in [0.2, 0.25) is 0 Å². The van der Waals surface area contributed by atoms with Crippen LogP contribution in [0.4, 0.5) is 0 Å². The molecule has 1 saturated heterocycles. The summed E-state index contributed by atoms with van der Waals surface area (Å²) >= 11 is 0. The molecule has 1 saturated carbocycles. The first-order valence-electron chi connectivity index (χ1n) is 8.07. The summed E-state index contributed by atoms with van der Waals surface area (Å²) in [4.78, 5) is 2.40. The highest BCUT2D eigenvalue weighted by atomic mass is 15.3. The van der Waals surface area contributed by atoms with Gasteiger partial charge in [0.25, 0.3) is 0 Å². The Morgan fingerprint density at radius 1 is 1.10 bits per heavy atom. The van der Waals surface area contributed by atoms with Crippen molar-refractivity contribution in [2.45, 2.75) is 51.1 Å². The van der Waals surface area contributed by atoms with E-state index in [1.165, 1.54) is 29.5 Å². The lowest BCUT2D eigenvalue weighted by molar-refractivity contribution is 0.274. The first kappa shape index (κ1) is 14.2. The monoisotopic (exact) mass is 282 g/mol. The number of hydrogen-bond donors (Lipinski definition) is 1. The van der Waals surface area contributed by atoms with Gasteiger partial charge in [0.2, 0.25) is 0 Å². The first-order valence-corrected chi connectivity index (χ1v) is 8.07. The van der Waals surface area contributed by atoms with Crippen LogP contribution in [-0.4, -0.2) is 17.0 Å². The molecule has 2 nitrogen and oxygen atoms in total. The molecule has 0 bridgehead atoms. The van der Waals surface area contributed by atoms with Crippen molar-refractivity contribution in [2.75, 3.05) is 6.54 Å². The quantitative estimate of drug-likeness (QED) is 0.843. The molecule has 2 fully saturated rings. The molecule has 112 valence electrons. The zero-order valence-corrected chi connectivity index (χ0v) is 13.1. The largest absolute Gasteiger partial charge is 0.365 e. The lowest BCUT2D eigenvalue weighted by Crippen LogP contribution is -2.44. The maximum Gasteiger partial charge on any atom is 0.0947 e. The molecule has 3 rings (SSSR count). The third kappa shape index (κ3) is 2.99. The summed E-state index contributed by atoms with van der Waals surface area (Å²) in [5, 5.41) is 3.67. The van der Waals surface area contributed by atoms with Gasteiger partial charge in [0.15, 0.2) is 0 Å². The van der Waals surface area contributed by atoms with Gasteiger partial charge in [-0.25, -0.2) is 0 Å². The number of nitrogens with zero attached hydrogens (tertiary/aromatic N) is 1. The average Bonchev–Trinajstić information content (AvgIpc) is 2.79. The van der Waals surface area contributed by atoms with E-state index in [1.54, 1.807) is 0 Å². The topological polar surface area (TPSA) is 15.3 Å². The van der Waals surface area contributed by atoms with Crippen molar-refractivity contribution < 1.29 is 0 Å². The summed E-state index contributed by atoms with van der Waals surface area (Å²) < 4.78 is 0. The zero-order chi connectivity index (χ0) is 14.9. The molecule has 1 aliphatic heterocycles. The molecule has 0 atom stereocenters. The van der Waals surface area contributed by atoms with Gasteiger partial charge in [-0.1, -0.05) is 49.9 Å². The molecule has 2 aliphatic rings. The van der Waals surface area contributed by atoms with E-state index in [9.17, 15) is 0 Å². The summed E-state index contributed by atoms with van der Waals surface area (Å²) in [6.07, 6.45) is 5.79. The van der Waals surface area contributed by atoms with E-state index in [1.807, 2.05) is 0 Å². The fraction of sp³-hybridized carbons (Fsp3) is 0.474. The predicted molar refractivity (Wildman–Crippen MR) is 88.8 cm³/mol. The fourth-order valence-electron chi connectivity index (χ4n) is 3.50. The summed E-state index contributed by atoms with van der Waals surface area (Å²) in [5.74, 6) is 1.09. The van der Waals surface area contributed by atoms with E-state index in [4.69, 9.17) is 0 Å². The van der Waals surface area contributed by atoms with Gasteiger partial charge in [-0.2, -0.15) is 0 Å². The smallest absolute Gasteiger partial charge is 0.0947 e. The van der Waals surface area contributed by atoms with Crippen molar-refractivity contribution in [2.24, 2.45) is 0 Å². The first-order chi connectivity index (χ1) is 10.1. The zero-order valence-electron chi connectivity index (χ0n) is 13.1. The molecule has 1 heterocycles. The van der Waals surface area contributed by atoms with Crippen LogP contribution >= 0.6 is 0 Å². The van der Waals surface area contributed by atoms with E-state index in [0.29, 0.717) is 0 Å². The van der Waals surface area contributed by atoms with Crippen LogP contribution < -0.4 is 5.32 Å².